The van der Waals surface area contributed by atoms with Crippen LogP contribution in [0.4, 0.5) is 18.0 Å². The average molecular weight is 458 g/mol. The van der Waals surface area contributed by atoms with E-state index in [-0.39, 0.29) is 12.5 Å². The second-order valence-electron chi connectivity index (χ2n) is 8.84. The number of alkyl halides is 3. The fraction of sp³-hybridized carbons (Fsp3) is 0.280. The third-order valence-corrected chi connectivity index (χ3v) is 5.41. The lowest BCUT2D eigenvalue weighted by Gasteiger charge is -2.30. The SMILES string of the molecule is CC(C)(C)C(COC(N)=O)NC(=O)c1ccc2c(-c3ccc(C(F)(F)F)cc3)cccc2c1. The Morgan fingerprint density at radius 1 is 1.00 bits per heavy atom. The van der Waals surface area contributed by atoms with E-state index in [0.717, 1.165) is 28.5 Å². The molecule has 3 aromatic carbocycles. The Hall–Kier alpha value is -3.55. The molecular formula is C25H25F3N2O3. The summed E-state index contributed by atoms with van der Waals surface area (Å²) in [6.45, 7) is 5.65. The van der Waals surface area contributed by atoms with Gasteiger partial charge in [0.25, 0.3) is 5.91 Å². The molecule has 3 rings (SSSR count). The highest BCUT2D eigenvalue weighted by molar-refractivity contribution is 6.02. The van der Waals surface area contributed by atoms with Crippen LogP contribution in [0.2, 0.25) is 0 Å². The Labute approximate surface area is 189 Å². The van der Waals surface area contributed by atoms with Gasteiger partial charge in [0, 0.05) is 5.56 Å². The van der Waals surface area contributed by atoms with Gasteiger partial charge in [-0.25, -0.2) is 4.79 Å². The molecule has 0 saturated carbocycles. The van der Waals surface area contributed by atoms with Crippen LogP contribution in [0.5, 0.6) is 0 Å². The molecule has 0 radical (unpaired) electrons. The molecule has 1 unspecified atom stereocenters. The minimum absolute atomic E-state index is 0.0593. The summed E-state index contributed by atoms with van der Waals surface area (Å²) in [7, 11) is 0. The molecule has 0 fully saturated rings. The van der Waals surface area contributed by atoms with Crippen molar-refractivity contribution in [2.75, 3.05) is 6.61 Å². The summed E-state index contributed by atoms with van der Waals surface area (Å²) in [5, 5.41) is 4.45. The number of rotatable bonds is 5. The maximum Gasteiger partial charge on any atom is 0.416 e. The lowest BCUT2D eigenvalue weighted by molar-refractivity contribution is -0.137. The number of carbonyl (C=O) groups excluding carboxylic acids is 2. The first-order chi connectivity index (χ1) is 15.4. The van der Waals surface area contributed by atoms with E-state index in [2.05, 4.69) is 5.32 Å². The van der Waals surface area contributed by atoms with Crippen LogP contribution in [0.15, 0.2) is 60.7 Å². The summed E-state index contributed by atoms with van der Waals surface area (Å²) in [6.07, 6.45) is -5.31. The number of nitrogens with two attached hydrogens (primary N) is 1. The number of fused-ring (bicyclic) bond motifs is 1. The first kappa shape index (κ1) is 24.1. The van der Waals surface area contributed by atoms with E-state index < -0.39 is 29.3 Å². The minimum Gasteiger partial charge on any atom is -0.448 e. The summed E-state index contributed by atoms with van der Waals surface area (Å²) >= 11 is 0. The fourth-order valence-electron chi connectivity index (χ4n) is 3.43. The number of halogens is 3. The number of ether oxygens (including phenoxy) is 1. The van der Waals surface area contributed by atoms with E-state index in [1.54, 1.807) is 24.3 Å². The topological polar surface area (TPSA) is 81.4 Å². The van der Waals surface area contributed by atoms with E-state index in [0.29, 0.717) is 11.1 Å². The van der Waals surface area contributed by atoms with E-state index in [1.165, 1.54) is 12.1 Å². The Morgan fingerprint density at radius 3 is 2.24 bits per heavy atom. The van der Waals surface area contributed by atoms with Gasteiger partial charge in [0.2, 0.25) is 0 Å². The third-order valence-electron chi connectivity index (χ3n) is 5.41. The van der Waals surface area contributed by atoms with Crippen molar-refractivity contribution in [1.29, 1.82) is 0 Å². The molecule has 33 heavy (non-hydrogen) atoms. The van der Waals surface area contributed by atoms with Crippen molar-refractivity contribution in [3.63, 3.8) is 0 Å². The first-order valence-electron chi connectivity index (χ1n) is 10.3. The van der Waals surface area contributed by atoms with Crippen molar-refractivity contribution in [3.8, 4) is 11.1 Å². The zero-order valence-corrected chi connectivity index (χ0v) is 18.5. The molecule has 3 N–H and O–H groups in total. The largest absolute Gasteiger partial charge is 0.448 e. The second kappa shape index (κ2) is 9.13. The molecule has 0 aliphatic heterocycles. The van der Waals surface area contributed by atoms with Gasteiger partial charge in [0.05, 0.1) is 11.6 Å². The van der Waals surface area contributed by atoms with Gasteiger partial charge in [0.15, 0.2) is 0 Å². The molecule has 5 nitrogen and oxygen atoms in total. The molecule has 0 bridgehead atoms. The molecule has 1 atom stereocenters. The van der Waals surface area contributed by atoms with Gasteiger partial charge >= 0.3 is 12.3 Å². The minimum atomic E-state index is -4.40. The Bertz CT molecular complexity index is 1170. The van der Waals surface area contributed by atoms with Crippen LogP contribution in [0.25, 0.3) is 21.9 Å². The number of hydrogen-bond acceptors (Lipinski definition) is 3. The molecular weight excluding hydrogens is 433 g/mol. The molecule has 8 heteroatoms. The predicted octanol–water partition coefficient (Wildman–Crippen LogP) is 5.77. The van der Waals surface area contributed by atoms with Crippen molar-refractivity contribution in [2.45, 2.75) is 33.0 Å². The van der Waals surface area contributed by atoms with Crippen LogP contribution in [-0.4, -0.2) is 24.6 Å². The molecule has 0 aliphatic carbocycles. The standard InChI is InChI=1S/C25H25F3N2O3/c1-24(2,3)21(14-33-23(29)32)30-22(31)17-9-12-20-16(13-17)5-4-6-19(20)15-7-10-18(11-8-15)25(26,27)28/h4-13,21H,14H2,1-3H3,(H2,29,32)(H,30,31). The first-order valence-corrected chi connectivity index (χ1v) is 10.3. The quantitative estimate of drug-likeness (QED) is 0.510. The van der Waals surface area contributed by atoms with E-state index in [1.807, 2.05) is 32.9 Å². The molecule has 0 heterocycles. The van der Waals surface area contributed by atoms with Crippen LogP contribution in [0.3, 0.4) is 0 Å². The van der Waals surface area contributed by atoms with E-state index in [9.17, 15) is 22.8 Å². The summed E-state index contributed by atoms with van der Waals surface area (Å²) in [5.41, 5.74) is 5.75. The van der Waals surface area contributed by atoms with Crippen molar-refractivity contribution in [2.24, 2.45) is 11.1 Å². The monoisotopic (exact) mass is 458 g/mol. The third kappa shape index (κ3) is 5.83. The lowest BCUT2D eigenvalue weighted by Crippen LogP contribution is -2.47. The van der Waals surface area contributed by atoms with Gasteiger partial charge < -0.3 is 15.8 Å². The fourth-order valence-corrected chi connectivity index (χ4v) is 3.43. The Balaban J connectivity index is 1.89. The molecule has 0 aliphatic rings. The normalized spacial score (nSPS) is 12.9. The number of amides is 2. The van der Waals surface area contributed by atoms with E-state index in [4.69, 9.17) is 10.5 Å². The molecule has 2 amide bonds. The number of nitrogens with one attached hydrogen (secondary N) is 1. The Morgan fingerprint density at radius 2 is 1.67 bits per heavy atom. The summed E-state index contributed by atoms with van der Waals surface area (Å²) in [4.78, 5) is 23.9. The van der Waals surface area contributed by atoms with Crippen molar-refractivity contribution in [1.82, 2.24) is 5.32 Å². The molecule has 0 aromatic heterocycles. The highest BCUT2D eigenvalue weighted by Crippen LogP contribution is 2.33. The van der Waals surface area contributed by atoms with Gasteiger partial charge in [-0.15, -0.1) is 0 Å². The smallest absolute Gasteiger partial charge is 0.416 e. The predicted molar refractivity (Wildman–Crippen MR) is 121 cm³/mol. The number of primary amides is 1. The molecule has 174 valence electrons. The van der Waals surface area contributed by atoms with Crippen LogP contribution >= 0.6 is 0 Å². The molecule has 0 spiro atoms. The zero-order valence-electron chi connectivity index (χ0n) is 18.5. The van der Waals surface area contributed by atoms with Gasteiger partial charge in [-0.3, -0.25) is 4.79 Å². The highest BCUT2D eigenvalue weighted by atomic mass is 19.4. The maximum absolute atomic E-state index is 12.9. The van der Waals surface area contributed by atoms with Crippen LogP contribution in [-0.2, 0) is 10.9 Å². The summed E-state index contributed by atoms with van der Waals surface area (Å²) in [5.74, 6) is -0.343. The van der Waals surface area contributed by atoms with Gasteiger partial charge in [-0.2, -0.15) is 13.2 Å². The van der Waals surface area contributed by atoms with Crippen LogP contribution < -0.4 is 11.1 Å². The van der Waals surface area contributed by atoms with Crippen molar-refractivity contribution < 1.29 is 27.5 Å². The highest BCUT2D eigenvalue weighted by Gasteiger charge is 2.30. The lowest BCUT2D eigenvalue weighted by atomic mass is 9.87. The Kier molecular flexibility index (Phi) is 6.67. The zero-order chi connectivity index (χ0) is 24.4. The number of carbonyl (C=O) groups is 2. The maximum atomic E-state index is 12.9. The second-order valence-corrected chi connectivity index (χ2v) is 8.84. The van der Waals surface area contributed by atoms with Crippen LogP contribution in [0, 0.1) is 5.41 Å². The van der Waals surface area contributed by atoms with E-state index >= 15 is 0 Å². The molecule has 0 saturated heterocycles. The summed E-state index contributed by atoms with van der Waals surface area (Å²) in [6, 6.07) is 15.1. The van der Waals surface area contributed by atoms with Crippen molar-refractivity contribution in [3.05, 3.63) is 71.8 Å². The average Bonchev–Trinajstić information content (AvgIpc) is 2.74. The van der Waals surface area contributed by atoms with Crippen molar-refractivity contribution >= 4 is 22.8 Å². The number of benzene rings is 3. The van der Waals surface area contributed by atoms with Gasteiger partial charge in [-0.1, -0.05) is 57.2 Å². The van der Waals surface area contributed by atoms with Gasteiger partial charge in [0.1, 0.15) is 6.61 Å². The van der Waals surface area contributed by atoms with Gasteiger partial charge in [-0.05, 0) is 51.6 Å². The molecule has 3 aromatic rings. The van der Waals surface area contributed by atoms with Crippen LogP contribution in [0.1, 0.15) is 36.7 Å². The number of hydrogen-bond donors (Lipinski definition) is 2. The summed E-state index contributed by atoms with van der Waals surface area (Å²) < 4.78 is 43.5.